The van der Waals surface area contributed by atoms with Gasteiger partial charge in [-0.2, -0.15) is 0 Å². The van der Waals surface area contributed by atoms with E-state index in [-0.39, 0.29) is 12.4 Å². The van der Waals surface area contributed by atoms with E-state index in [1.165, 1.54) is 0 Å². The van der Waals surface area contributed by atoms with Gasteiger partial charge in [0.25, 0.3) is 0 Å². The van der Waals surface area contributed by atoms with E-state index in [4.69, 9.17) is 9.47 Å². The average molecular weight is 349 g/mol. The first-order chi connectivity index (χ1) is 10.3. The molecule has 0 atom stereocenters. The number of benzene rings is 2. The highest BCUT2D eigenvalue weighted by Crippen LogP contribution is 2.16. The Balaban J connectivity index is 1.90. The molecule has 0 spiro atoms. The van der Waals surface area contributed by atoms with Gasteiger partial charge in [-0.05, 0) is 23.3 Å². The summed E-state index contributed by atoms with van der Waals surface area (Å²) in [6, 6.07) is 17.5. The molecule has 2 aromatic rings. The van der Waals surface area contributed by atoms with E-state index in [2.05, 4.69) is 15.9 Å². The molecule has 0 saturated heterocycles. The molecule has 0 aliphatic carbocycles. The van der Waals surface area contributed by atoms with Crippen molar-refractivity contribution in [1.29, 1.82) is 0 Å². The minimum Gasteiger partial charge on any atom is -0.489 e. The van der Waals surface area contributed by atoms with E-state index < -0.39 is 0 Å². The Bertz CT molecular complexity index is 569. The molecule has 0 aliphatic rings. The molecular formula is C17H17BrO3. The average Bonchev–Trinajstić information content (AvgIpc) is 2.52. The maximum absolute atomic E-state index is 11.6. The monoisotopic (exact) mass is 348 g/mol. The van der Waals surface area contributed by atoms with Crippen LogP contribution in [0.5, 0.6) is 5.75 Å². The van der Waals surface area contributed by atoms with E-state index in [1.807, 2.05) is 54.6 Å². The Hall–Kier alpha value is -1.81. The van der Waals surface area contributed by atoms with Crippen LogP contribution in [0.4, 0.5) is 0 Å². The lowest BCUT2D eigenvalue weighted by atomic mass is 10.1. The van der Waals surface area contributed by atoms with Crippen LogP contribution >= 0.6 is 15.9 Å². The molecule has 21 heavy (non-hydrogen) atoms. The molecule has 2 rings (SSSR count). The van der Waals surface area contributed by atoms with Crippen LogP contribution in [0.15, 0.2) is 54.6 Å². The lowest BCUT2D eigenvalue weighted by Crippen LogP contribution is -2.09. The van der Waals surface area contributed by atoms with E-state index in [0.29, 0.717) is 18.5 Å². The molecule has 2 aromatic carbocycles. The van der Waals surface area contributed by atoms with Gasteiger partial charge in [0.15, 0.2) is 0 Å². The summed E-state index contributed by atoms with van der Waals surface area (Å²) < 4.78 is 10.8. The van der Waals surface area contributed by atoms with Gasteiger partial charge in [-0.1, -0.05) is 58.4 Å². The summed E-state index contributed by atoms with van der Waals surface area (Å²) in [6.07, 6.45) is 0.259. The SMILES string of the molecule is O=C(Cc1cccc(OCc2ccccc2)c1)OCCBr. The normalized spacial score (nSPS) is 10.1. The fourth-order valence-corrected chi connectivity index (χ4v) is 2.02. The van der Waals surface area contributed by atoms with Gasteiger partial charge < -0.3 is 9.47 Å². The van der Waals surface area contributed by atoms with Crippen LogP contribution in [0.2, 0.25) is 0 Å². The minimum absolute atomic E-state index is 0.227. The van der Waals surface area contributed by atoms with Gasteiger partial charge in [0, 0.05) is 5.33 Å². The number of ether oxygens (including phenoxy) is 2. The van der Waals surface area contributed by atoms with Crippen LogP contribution in [0, 0.1) is 0 Å². The third kappa shape index (κ3) is 5.60. The summed E-state index contributed by atoms with van der Waals surface area (Å²) in [5.74, 6) is 0.527. The third-order valence-electron chi connectivity index (χ3n) is 2.84. The number of alkyl halides is 1. The summed E-state index contributed by atoms with van der Waals surface area (Å²) >= 11 is 3.22. The number of carbonyl (C=O) groups is 1. The van der Waals surface area contributed by atoms with Crippen molar-refractivity contribution in [2.24, 2.45) is 0 Å². The van der Waals surface area contributed by atoms with Gasteiger partial charge in [0.05, 0.1) is 6.42 Å². The van der Waals surface area contributed by atoms with Gasteiger partial charge >= 0.3 is 5.97 Å². The molecule has 0 radical (unpaired) electrons. The summed E-state index contributed by atoms with van der Waals surface area (Å²) in [5.41, 5.74) is 2.00. The fraction of sp³-hybridized carbons (Fsp3) is 0.235. The topological polar surface area (TPSA) is 35.5 Å². The summed E-state index contributed by atoms with van der Waals surface area (Å²) in [7, 11) is 0. The Morgan fingerprint density at radius 2 is 1.76 bits per heavy atom. The second-order valence-electron chi connectivity index (χ2n) is 4.51. The van der Waals surface area contributed by atoms with Crippen molar-refractivity contribution in [1.82, 2.24) is 0 Å². The molecule has 0 heterocycles. The lowest BCUT2D eigenvalue weighted by molar-refractivity contribution is -0.142. The summed E-state index contributed by atoms with van der Waals surface area (Å²) in [6.45, 7) is 0.904. The largest absolute Gasteiger partial charge is 0.489 e. The first kappa shape index (κ1) is 15.6. The molecule has 110 valence electrons. The van der Waals surface area contributed by atoms with Crippen molar-refractivity contribution in [2.75, 3.05) is 11.9 Å². The molecule has 0 unspecified atom stereocenters. The second-order valence-corrected chi connectivity index (χ2v) is 5.30. The molecule has 0 amide bonds. The number of esters is 1. The summed E-state index contributed by atoms with van der Waals surface area (Å²) in [4.78, 5) is 11.6. The van der Waals surface area contributed by atoms with Crippen molar-refractivity contribution in [3.8, 4) is 5.75 Å². The molecule has 4 heteroatoms. The van der Waals surface area contributed by atoms with E-state index in [1.54, 1.807) is 0 Å². The lowest BCUT2D eigenvalue weighted by Gasteiger charge is -2.08. The van der Waals surface area contributed by atoms with Crippen molar-refractivity contribution < 1.29 is 14.3 Å². The van der Waals surface area contributed by atoms with E-state index in [0.717, 1.165) is 16.9 Å². The summed E-state index contributed by atoms with van der Waals surface area (Å²) in [5, 5.41) is 0.652. The zero-order valence-corrected chi connectivity index (χ0v) is 13.2. The second kappa shape index (κ2) is 8.47. The highest BCUT2D eigenvalue weighted by atomic mass is 79.9. The molecule has 0 fully saturated rings. The molecule has 0 aliphatic heterocycles. The van der Waals surface area contributed by atoms with Crippen LogP contribution in [0.3, 0.4) is 0 Å². The molecule has 0 saturated carbocycles. The molecule has 0 bridgehead atoms. The van der Waals surface area contributed by atoms with Gasteiger partial charge in [0.1, 0.15) is 19.0 Å². The number of carbonyl (C=O) groups excluding carboxylic acids is 1. The van der Waals surface area contributed by atoms with Crippen molar-refractivity contribution in [3.05, 3.63) is 65.7 Å². The highest BCUT2D eigenvalue weighted by molar-refractivity contribution is 9.09. The number of hydrogen-bond donors (Lipinski definition) is 0. The molecule has 0 aromatic heterocycles. The first-order valence-electron chi connectivity index (χ1n) is 6.75. The quantitative estimate of drug-likeness (QED) is 0.564. The maximum atomic E-state index is 11.6. The Morgan fingerprint density at radius 1 is 1.00 bits per heavy atom. The molecular weight excluding hydrogens is 332 g/mol. The molecule has 3 nitrogen and oxygen atoms in total. The standard InChI is InChI=1S/C17H17BrO3/c18-9-10-20-17(19)12-15-7-4-8-16(11-15)21-13-14-5-2-1-3-6-14/h1-8,11H,9-10,12-13H2. The van der Waals surface area contributed by atoms with Crippen LogP contribution in [0.25, 0.3) is 0 Å². The van der Waals surface area contributed by atoms with Crippen LogP contribution < -0.4 is 4.74 Å². The maximum Gasteiger partial charge on any atom is 0.310 e. The van der Waals surface area contributed by atoms with Crippen molar-refractivity contribution >= 4 is 21.9 Å². The van der Waals surface area contributed by atoms with Gasteiger partial charge in [-0.3, -0.25) is 4.79 Å². The number of hydrogen-bond acceptors (Lipinski definition) is 3. The Labute approximate surface area is 133 Å². The van der Waals surface area contributed by atoms with Crippen LogP contribution in [0.1, 0.15) is 11.1 Å². The van der Waals surface area contributed by atoms with Crippen LogP contribution in [-0.4, -0.2) is 17.9 Å². The predicted molar refractivity (Wildman–Crippen MR) is 85.7 cm³/mol. The number of rotatable bonds is 7. The molecule has 0 N–H and O–H groups in total. The third-order valence-corrected chi connectivity index (χ3v) is 3.16. The van der Waals surface area contributed by atoms with Gasteiger partial charge in [-0.25, -0.2) is 0 Å². The predicted octanol–water partition coefficient (Wildman–Crippen LogP) is 3.75. The van der Waals surface area contributed by atoms with Crippen molar-refractivity contribution in [3.63, 3.8) is 0 Å². The minimum atomic E-state index is -0.227. The van der Waals surface area contributed by atoms with Crippen molar-refractivity contribution in [2.45, 2.75) is 13.0 Å². The highest BCUT2D eigenvalue weighted by Gasteiger charge is 2.05. The number of halogens is 1. The van der Waals surface area contributed by atoms with Gasteiger partial charge in [0.2, 0.25) is 0 Å². The van der Waals surface area contributed by atoms with E-state index in [9.17, 15) is 4.79 Å². The van der Waals surface area contributed by atoms with Gasteiger partial charge in [-0.15, -0.1) is 0 Å². The zero-order valence-electron chi connectivity index (χ0n) is 11.6. The first-order valence-corrected chi connectivity index (χ1v) is 7.87. The Morgan fingerprint density at radius 3 is 2.52 bits per heavy atom. The van der Waals surface area contributed by atoms with E-state index >= 15 is 0 Å². The fourth-order valence-electron chi connectivity index (χ4n) is 1.86. The zero-order chi connectivity index (χ0) is 14.9. The van der Waals surface area contributed by atoms with Crippen LogP contribution in [-0.2, 0) is 22.6 Å². The smallest absolute Gasteiger partial charge is 0.310 e. The Kier molecular flexibility index (Phi) is 6.28.